The van der Waals surface area contributed by atoms with Crippen LogP contribution in [0.15, 0.2) is 0 Å². The molecule has 128 valence electrons. The first kappa shape index (κ1) is 19.2. The van der Waals surface area contributed by atoms with Crippen molar-refractivity contribution in [3.8, 4) is 0 Å². The van der Waals surface area contributed by atoms with Gasteiger partial charge in [0.15, 0.2) is 0 Å². The summed E-state index contributed by atoms with van der Waals surface area (Å²) in [5.41, 5.74) is -0.353. The van der Waals surface area contributed by atoms with Gasteiger partial charge in [0.2, 0.25) is 11.8 Å². The van der Waals surface area contributed by atoms with Gasteiger partial charge in [-0.05, 0) is 44.7 Å². The van der Waals surface area contributed by atoms with Gasteiger partial charge in [0.25, 0.3) is 0 Å². The summed E-state index contributed by atoms with van der Waals surface area (Å²) in [5.74, 6) is 0.902. The second-order valence-corrected chi connectivity index (χ2v) is 6.86. The Kier molecular flexibility index (Phi) is 7.63. The molecule has 5 nitrogen and oxygen atoms in total. The summed E-state index contributed by atoms with van der Waals surface area (Å²) in [6, 6.07) is 0. The molecule has 2 fully saturated rings. The fourth-order valence-corrected chi connectivity index (χ4v) is 3.64. The molecule has 1 unspecified atom stereocenters. The van der Waals surface area contributed by atoms with E-state index in [1.165, 1.54) is 6.42 Å². The van der Waals surface area contributed by atoms with E-state index >= 15 is 0 Å². The number of carbonyl (C=O) groups is 2. The van der Waals surface area contributed by atoms with Crippen molar-refractivity contribution < 1.29 is 9.59 Å². The van der Waals surface area contributed by atoms with E-state index in [0.717, 1.165) is 45.2 Å². The zero-order valence-corrected chi connectivity index (χ0v) is 14.6. The number of hydrogen-bond donors (Lipinski definition) is 2. The van der Waals surface area contributed by atoms with Crippen molar-refractivity contribution in [3.05, 3.63) is 0 Å². The molecule has 2 aliphatic rings. The van der Waals surface area contributed by atoms with Crippen LogP contribution in [-0.2, 0) is 9.59 Å². The van der Waals surface area contributed by atoms with Crippen molar-refractivity contribution in [2.24, 2.45) is 11.3 Å². The van der Waals surface area contributed by atoms with Gasteiger partial charge in [-0.3, -0.25) is 9.59 Å². The highest BCUT2D eigenvalue weighted by molar-refractivity contribution is 5.85. The number of nitrogens with zero attached hydrogens (tertiary/aromatic N) is 1. The maximum absolute atomic E-state index is 12.4. The lowest BCUT2D eigenvalue weighted by molar-refractivity contribution is -0.139. The average Bonchev–Trinajstić information content (AvgIpc) is 3.14. The highest BCUT2D eigenvalue weighted by Crippen LogP contribution is 2.38. The van der Waals surface area contributed by atoms with Gasteiger partial charge in [0.05, 0.1) is 5.41 Å². The number of amides is 2. The highest BCUT2D eigenvalue weighted by atomic mass is 35.5. The number of carbonyl (C=O) groups excluding carboxylic acids is 2. The van der Waals surface area contributed by atoms with Crippen molar-refractivity contribution >= 4 is 24.2 Å². The third-order valence-corrected chi connectivity index (χ3v) is 4.99. The second kappa shape index (κ2) is 8.73. The van der Waals surface area contributed by atoms with Crippen LogP contribution in [0.3, 0.4) is 0 Å². The van der Waals surface area contributed by atoms with Gasteiger partial charge in [-0.2, -0.15) is 0 Å². The van der Waals surface area contributed by atoms with Crippen molar-refractivity contribution in [2.45, 2.75) is 44.9 Å². The largest absolute Gasteiger partial charge is 0.355 e. The lowest BCUT2D eigenvalue weighted by atomic mass is 9.84. The summed E-state index contributed by atoms with van der Waals surface area (Å²) in [7, 11) is 3.61. The van der Waals surface area contributed by atoms with Gasteiger partial charge in [0, 0.05) is 27.1 Å². The molecule has 0 bridgehead atoms. The van der Waals surface area contributed by atoms with Crippen LogP contribution < -0.4 is 10.6 Å². The Labute approximate surface area is 140 Å². The Balaban J connectivity index is 0.00000242. The molecule has 2 amide bonds. The molecule has 2 rings (SSSR count). The third kappa shape index (κ3) is 4.85. The number of hydrogen-bond acceptors (Lipinski definition) is 3. The van der Waals surface area contributed by atoms with Crippen molar-refractivity contribution in [1.82, 2.24) is 15.5 Å². The SMILES string of the molecule is CN(C)C(=O)C1(CNC(=O)CCC2CCNC2)CCCC1.Cl. The molecule has 1 aliphatic carbocycles. The minimum atomic E-state index is -0.353. The highest BCUT2D eigenvalue weighted by Gasteiger charge is 2.42. The number of nitrogens with one attached hydrogen (secondary N) is 2. The Morgan fingerprint density at radius 2 is 1.95 bits per heavy atom. The fraction of sp³-hybridized carbons (Fsp3) is 0.875. The maximum atomic E-state index is 12.4. The smallest absolute Gasteiger partial charge is 0.230 e. The van der Waals surface area contributed by atoms with Gasteiger partial charge in [-0.1, -0.05) is 12.8 Å². The van der Waals surface area contributed by atoms with E-state index in [2.05, 4.69) is 10.6 Å². The molecule has 1 atom stereocenters. The quantitative estimate of drug-likeness (QED) is 0.776. The predicted molar refractivity (Wildman–Crippen MR) is 90.1 cm³/mol. The zero-order chi connectivity index (χ0) is 15.3. The number of halogens is 1. The first-order chi connectivity index (χ1) is 10.0. The number of rotatable bonds is 6. The predicted octanol–water partition coefficient (Wildman–Crippen LogP) is 1.56. The molecule has 0 aromatic heterocycles. The van der Waals surface area contributed by atoms with Crippen molar-refractivity contribution in [3.63, 3.8) is 0 Å². The molecule has 0 aromatic carbocycles. The molecule has 0 aromatic rings. The van der Waals surface area contributed by atoms with Crippen LogP contribution in [0.1, 0.15) is 44.9 Å². The molecule has 1 aliphatic heterocycles. The van der Waals surface area contributed by atoms with Crippen molar-refractivity contribution in [1.29, 1.82) is 0 Å². The van der Waals surface area contributed by atoms with E-state index in [-0.39, 0.29) is 29.6 Å². The summed E-state index contributed by atoms with van der Waals surface area (Å²) in [6.45, 7) is 2.62. The monoisotopic (exact) mass is 331 g/mol. The second-order valence-electron chi connectivity index (χ2n) is 6.86. The minimum absolute atomic E-state index is 0. The average molecular weight is 332 g/mol. The Hall–Kier alpha value is -0.810. The van der Waals surface area contributed by atoms with Crippen LogP contribution in [0, 0.1) is 11.3 Å². The summed E-state index contributed by atoms with van der Waals surface area (Å²) in [4.78, 5) is 26.1. The maximum Gasteiger partial charge on any atom is 0.230 e. The lowest BCUT2D eigenvalue weighted by Crippen LogP contribution is -2.46. The summed E-state index contributed by atoms with van der Waals surface area (Å²) >= 11 is 0. The zero-order valence-electron chi connectivity index (χ0n) is 13.8. The summed E-state index contributed by atoms with van der Waals surface area (Å²) in [6.07, 6.45) is 6.68. The van der Waals surface area contributed by atoms with Crippen molar-refractivity contribution in [2.75, 3.05) is 33.7 Å². The Bertz CT molecular complexity index is 376. The summed E-state index contributed by atoms with van der Waals surface area (Å²) < 4.78 is 0. The van der Waals surface area contributed by atoms with Crippen LogP contribution in [0.5, 0.6) is 0 Å². The van der Waals surface area contributed by atoms with Crippen LogP contribution in [0.2, 0.25) is 0 Å². The molecule has 1 saturated heterocycles. The molecule has 2 N–H and O–H groups in total. The van der Waals surface area contributed by atoms with Crippen LogP contribution in [0.4, 0.5) is 0 Å². The van der Waals surface area contributed by atoms with Gasteiger partial charge < -0.3 is 15.5 Å². The molecular formula is C16H30ClN3O2. The standard InChI is InChI=1S/C16H29N3O2.ClH/c1-19(2)15(21)16(8-3-4-9-16)12-18-14(20)6-5-13-7-10-17-11-13;/h13,17H,3-12H2,1-2H3,(H,18,20);1H. The molecule has 22 heavy (non-hydrogen) atoms. The van der Waals surface area contributed by atoms with Gasteiger partial charge in [-0.15, -0.1) is 12.4 Å². The van der Waals surface area contributed by atoms with Gasteiger partial charge in [-0.25, -0.2) is 0 Å². The van der Waals surface area contributed by atoms with Crippen LogP contribution in [-0.4, -0.2) is 50.4 Å². The normalized spacial score (nSPS) is 22.9. The molecule has 1 saturated carbocycles. The molecule has 0 spiro atoms. The van der Waals surface area contributed by atoms with E-state index in [4.69, 9.17) is 0 Å². The molecule has 6 heteroatoms. The first-order valence-electron chi connectivity index (χ1n) is 8.23. The van der Waals surface area contributed by atoms with Gasteiger partial charge >= 0.3 is 0 Å². The van der Waals surface area contributed by atoms with E-state index in [9.17, 15) is 9.59 Å². The van der Waals surface area contributed by atoms with E-state index in [0.29, 0.717) is 18.9 Å². The Morgan fingerprint density at radius 1 is 1.27 bits per heavy atom. The molecular weight excluding hydrogens is 302 g/mol. The van der Waals surface area contributed by atoms with E-state index in [1.54, 1.807) is 19.0 Å². The first-order valence-corrected chi connectivity index (χ1v) is 8.23. The van der Waals surface area contributed by atoms with Crippen LogP contribution in [0.25, 0.3) is 0 Å². The Morgan fingerprint density at radius 3 is 2.50 bits per heavy atom. The van der Waals surface area contributed by atoms with Crippen LogP contribution >= 0.6 is 12.4 Å². The fourth-order valence-electron chi connectivity index (χ4n) is 3.64. The van der Waals surface area contributed by atoms with E-state index in [1.807, 2.05) is 0 Å². The van der Waals surface area contributed by atoms with E-state index < -0.39 is 0 Å². The summed E-state index contributed by atoms with van der Waals surface area (Å²) in [5, 5.41) is 6.34. The topological polar surface area (TPSA) is 61.4 Å². The molecule has 0 radical (unpaired) electrons. The minimum Gasteiger partial charge on any atom is -0.355 e. The molecule has 1 heterocycles. The van der Waals surface area contributed by atoms with Gasteiger partial charge in [0.1, 0.15) is 0 Å². The lowest BCUT2D eigenvalue weighted by Gasteiger charge is -2.30. The third-order valence-electron chi connectivity index (χ3n) is 4.99.